The molecule has 8 nitrogen and oxygen atoms in total. The molecule has 0 unspecified atom stereocenters. The van der Waals surface area contributed by atoms with Gasteiger partial charge in [0.15, 0.2) is 0 Å². The van der Waals surface area contributed by atoms with Crippen LogP contribution in [0.15, 0.2) is 48.5 Å². The number of ether oxygens (including phenoxy) is 2. The number of nitrogens with zero attached hydrogens (tertiary/aromatic N) is 4. The maximum absolute atomic E-state index is 14.2. The van der Waals surface area contributed by atoms with Crippen LogP contribution in [0.4, 0.5) is 16.0 Å². The predicted octanol–water partition coefficient (Wildman–Crippen LogP) is 2.73. The molecule has 166 valence electrons. The first-order valence-corrected chi connectivity index (χ1v) is 10.2. The summed E-state index contributed by atoms with van der Waals surface area (Å²) in [5.41, 5.74) is 7.29. The number of carbonyl (C=O) groups is 1. The number of hydrogen-bond donors (Lipinski definition) is 1. The molecule has 2 aromatic carbocycles. The molecular formula is C23H24FN5O3. The van der Waals surface area contributed by atoms with Crippen LogP contribution < -0.4 is 25.0 Å². The highest BCUT2D eigenvalue weighted by atomic mass is 19.1. The maximum atomic E-state index is 14.2. The molecule has 0 spiro atoms. The number of amides is 1. The summed E-state index contributed by atoms with van der Waals surface area (Å²) in [4.78, 5) is 25.0. The van der Waals surface area contributed by atoms with Gasteiger partial charge >= 0.3 is 0 Å². The molecule has 1 fully saturated rings. The largest absolute Gasteiger partial charge is 0.496 e. The van der Waals surface area contributed by atoms with Crippen molar-refractivity contribution in [3.8, 4) is 22.8 Å². The zero-order valence-corrected chi connectivity index (χ0v) is 17.9. The fraction of sp³-hybridized carbons (Fsp3) is 0.261. The lowest BCUT2D eigenvalue weighted by Gasteiger charge is -2.36. The van der Waals surface area contributed by atoms with Crippen LogP contribution in [0.2, 0.25) is 0 Å². The van der Waals surface area contributed by atoms with Crippen LogP contribution in [0, 0.1) is 5.82 Å². The predicted molar refractivity (Wildman–Crippen MR) is 120 cm³/mol. The van der Waals surface area contributed by atoms with Crippen molar-refractivity contribution in [1.29, 1.82) is 0 Å². The molecule has 0 atom stereocenters. The zero-order valence-electron chi connectivity index (χ0n) is 17.9. The second-order valence-electron chi connectivity index (χ2n) is 7.27. The Bertz CT molecular complexity index is 1110. The van der Waals surface area contributed by atoms with E-state index in [4.69, 9.17) is 20.2 Å². The van der Waals surface area contributed by atoms with Crippen molar-refractivity contribution in [2.75, 3.05) is 50.2 Å². The molecule has 2 N–H and O–H groups in total. The standard InChI is InChI=1S/C23H24FN5O3/c1-31-19-8-5-9-20(32-2)21(19)16-14-17(22(25)30)27-23(26-16)29-12-10-28(11-13-29)18-7-4-3-6-15(18)24/h3-9,14H,10-13H2,1-2H3,(H2,25,30). The molecule has 2 heterocycles. The van der Waals surface area contributed by atoms with E-state index >= 15 is 0 Å². The van der Waals surface area contributed by atoms with Crippen molar-refractivity contribution < 1.29 is 18.7 Å². The minimum absolute atomic E-state index is 0.0921. The Kier molecular flexibility index (Phi) is 6.07. The van der Waals surface area contributed by atoms with E-state index in [0.717, 1.165) is 0 Å². The van der Waals surface area contributed by atoms with Gasteiger partial charge in [0.05, 0.1) is 31.2 Å². The summed E-state index contributed by atoms with van der Waals surface area (Å²) < 4.78 is 25.1. The van der Waals surface area contributed by atoms with Gasteiger partial charge in [0.25, 0.3) is 5.91 Å². The van der Waals surface area contributed by atoms with Gasteiger partial charge in [-0.25, -0.2) is 14.4 Å². The lowest BCUT2D eigenvalue weighted by Crippen LogP contribution is -2.47. The molecule has 4 rings (SSSR count). The van der Waals surface area contributed by atoms with Crippen LogP contribution in [-0.2, 0) is 0 Å². The molecule has 0 bridgehead atoms. The zero-order chi connectivity index (χ0) is 22.7. The van der Waals surface area contributed by atoms with E-state index in [2.05, 4.69) is 4.98 Å². The number of para-hydroxylation sites is 1. The lowest BCUT2D eigenvalue weighted by molar-refractivity contribution is 0.0995. The Hall–Kier alpha value is -3.88. The SMILES string of the molecule is COc1cccc(OC)c1-c1cc(C(N)=O)nc(N2CCN(c3ccccc3F)CC2)n1. The Balaban J connectivity index is 1.67. The molecule has 32 heavy (non-hydrogen) atoms. The van der Waals surface area contributed by atoms with Gasteiger partial charge in [-0.1, -0.05) is 18.2 Å². The van der Waals surface area contributed by atoms with Crippen molar-refractivity contribution in [2.45, 2.75) is 0 Å². The summed E-state index contributed by atoms with van der Waals surface area (Å²) in [6, 6.07) is 13.6. The smallest absolute Gasteiger partial charge is 0.267 e. The van der Waals surface area contributed by atoms with Gasteiger partial charge in [-0.2, -0.15) is 0 Å². The number of benzene rings is 2. The summed E-state index contributed by atoms with van der Waals surface area (Å²) in [5.74, 6) is 0.562. The van der Waals surface area contributed by atoms with Gasteiger partial charge in [0.1, 0.15) is 23.0 Å². The third-order valence-corrected chi connectivity index (χ3v) is 5.41. The highest BCUT2D eigenvalue weighted by Gasteiger charge is 2.24. The normalized spacial score (nSPS) is 13.7. The number of piperazine rings is 1. The molecule has 0 saturated carbocycles. The highest BCUT2D eigenvalue weighted by Crippen LogP contribution is 2.38. The van der Waals surface area contributed by atoms with E-state index in [9.17, 15) is 9.18 Å². The third kappa shape index (κ3) is 4.14. The average molecular weight is 437 g/mol. The summed E-state index contributed by atoms with van der Waals surface area (Å²) in [7, 11) is 3.11. The fourth-order valence-electron chi connectivity index (χ4n) is 3.79. The number of primary amides is 1. The molecule has 0 aliphatic carbocycles. The van der Waals surface area contributed by atoms with Crippen LogP contribution in [0.5, 0.6) is 11.5 Å². The van der Waals surface area contributed by atoms with Gasteiger partial charge in [-0.3, -0.25) is 4.79 Å². The monoisotopic (exact) mass is 437 g/mol. The third-order valence-electron chi connectivity index (χ3n) is 5.41. The first-order chi connectivity index (χ1) is 15.5. The fourth-order valence-corrected chi connectivity index (χ4v) is 3.79. The number of rotatable bonds is 6. The van der Waals surface area contributed by atoms with E-state index in [0.29, 0.717) is 60.6 Å². The Labute approximate surface area is 185 Å². The van der Waals surface area contributed by atoms with Crippen molar-refractivity contribution >= 4 is 17.5 Å². The van der Waals surface area contributed by atoms with Gasteiger partial charge < -0.3 is 25.0 Å². The van der Waals surface area contributed by atoms with Crippen molar-refractivity contribution in [2.24, 2.45) is 5.73 Å². The van der Waals surface area contributed by atoms with Crippen LogP contribution in [0.1, 0.15) is 10.5 Å². The van der Waals surface area contributed by atoms with Crippen molar-refractivity contribution in [3.05, 3.63) is 60.0 Å². The van der Waals surface area contributed by atoms with Crippen molar-refractivity contribution in [3.63, 3.8) is 0 Å². The Morgan fingerprint density at radius 2 is 1.56 bits per heavy atom. The molecule has 9 heteroatoms. The first kappa shape index (κ1) is 21.4. The average Bonchev–Trinajstić information content (AvgIpc) is 2.83. The summed E-state index contributed by atoms with van der Waals surface area (Å²) in [6.45, 7) is 2.27. The van der Waals surface area contributed by atoms with Crippen molar-refractivity contribution in [1.82, 2.24) is 9.97 Å². The van der Waals surface area contributed by atoms with Crippen LogP contribution in [-0.4, -0.2) is 56.3 Å². The Morgan fingerprint density at radius 3 is 2.16 bits per heavy atom. The van der Waals surface area contributed by atoms with Crippen LogP contribution in [0.3, 0.4) is 0 Å². The minimum Gasteiger partial charge on any atom is -0.496 e. The summed E-state index contributed by atoms with van der Waals surface area (Å²) in [6.07, 6.45) is 0. The number of methoxy groups -OCH3 is 2. The minimum atomic E-state index is -0.659. The number of nitrogens with two attached hydrogens (primary N) is 1. The van der Waals surface area contributed by atoms with Gasteiger partial charge in [0, 0.05) is 26.2 Å². The quantitative estimate of drug-likeness (QED) is 0.634. The molecule has 1 aliphatic heterocycles. The van der Waals surface area contributed by atoms with Crippen LogP contribution in [0.25, 0.3) is 11.3 Å². The van der Waals surface area contributed by atoms with Gasteiger partial charge in [0.2, 0.25) is 5.95 Å². The van der Waals surface area contributed by atoms with E-state index in [1.807, 2.05) is 15.9 Å². The van der Waals surface area contributed by atoms with E-state index in [1.54, 1.807) is 44.6 Å². The topological polar surface area (TPSA) is 93.8 Å². The van der Waals surface area contributed by atoms with E-state index in [1.165, 1.54) is 12.1 Å². The summed E-state index contributed by atoms with van der Waals surface area (Å²) in [5, 5.41) is 0. The molecule has 3 aromatic rings. The Morgan fingerprint density at radius 1 is 0.938 bits per heavy atom. The molecule has 1 saturated heterocycles. The highest BCUT2D eigenvalue weighted by molar-refractivity contribution is 5.92. The summed E-state index contributed by atoms with van der Waals surface area (Å²) >= 11 is 0. The lowest BCUT2D eigenvalue weighted by atomic mass is 10.1. The number of hydrogen-bond acceptors (Lipinski definition) is 7. The van der Waals surface area contributed by atoms with E-state index < -0.39 is 5.91 Å². The van der Waals surface area contributed by atoms with Gasteiger partial charge in [-0.15, -0.1) is 0 Å². The first-order valence-electron chi connectivity index (χ1n) is 10.2. The number of anilines is 2. The number of aromatic nitrogens is 2. The molecule has 1 amide bonds. The number of carbonyl (C=O) groups excluding carboxylic acids is 1. The number of halogens is 1. The molecule has 0 radical (unpaired) electrons. The second-order valence-corrected chi connectivity index (χ2v) is 7.27. The van der Waals surface area contributed by atoms with Gasteiger partial charge in [-0.05, 0) is 30.3 Å². The second kappa shape index (κ2) is 9.09. The van der Waals surface area contributed by atoms with Crippen LogP contribution >= 0.6 is 0 Å². The van der Waals surface area contributed by atoms with E-state index in [-0.39, 0.29) is 11.5 Å². The maximum Gasteiger partial charge on any atom is 0.267 e. The molecule has 1 aromatic heterocycles. The molecule has 1 aliphatic rings. The molecular weight excluding hydrogens is 413 g/mol.